The van der Waals surface area contributed by atoms with E-state index < -0.39 is 0 Å². The van der Waals surface area contributed by atoms with E-state index in [-0.39, 0.29) is 18.7 Å². The molecular formula is C18H24N4O2. The van der Waals surface area contributed by atoms with E-state index in [9.17, 15) is 9.90 Å². The van der Waals surface area contributed by atoms with E-state index in [1.807, 2.05) is 48.3 Å². The first kappa shape index (κ1) is 16.5. The second-order valence-corrected chi connectivity index (χ2v) is 6.20. The number of carbonyl (C=O) groups is 1. The molecule has 6 heteroatoms. The minimum atomic E-state index is -0.144. The Morgan fingerprint density at radius 1 is 1.42 bits per heavy atom. The van der Waals surface area contributed by atoms with Crippen LogP contribution in [0.4, 0.5) is 4.79 Å². The van der Waals surface area contributed by atoms with E-state index in [0.717, 1.165) is 30.4 Å². The molecule has 1 atom stereocenters. The molecule has 3 rings (SSSR count). The van der Waals surface area contributed by atoms with Gasteiger partial charge >= 0.3 is 6.03 Å². The Hall–Kier alpha value is -2.34. The van der Waals surface area contributed by atoms with Crippen LogP contribution in [0.5, 0.6) is 0 Å². The largest absolute Gasteiger partial charge is 0.395 e. The summed E-state index contributed by atoms with van der Waals surface area (Å²) in [5, 5.41) is 16.7. The number of aryl methyl sites for hydroxylation is 1. The van der Waals surface area contributed by atoms with Gasteiger partial charge in [-0.25, -0.2) is 4.79 Å². The predicted molar refractivity (Wildman–Crippen MR) is 91.4 cm³/mol. The Bertz CT molecular complexity index is 684. The number of fused-ring (bicyclic) bond motifs is 1. The maximum absolute atomic E-state index is 12.7. The van der Waals surface area contributed by atoms with Gasteiger partial charge in [0, 0.05) is 31.4 Å². The Kier molecular flexibility index (Phi) is 5.15. The maximum atomic E-state index is 12.7. The zero-order valence-electron chi connectivity index (χ0n) is 14.0. The fraction of sp³-hybridized carbons (Fsp3) is 0.444. The molecule has 1 aliphatic rings. The number of benzene rings is 1. The fourth-order valence-corrected chi connectivity index (χ4v) is 3.27. The topological polar surface area (TPSA) is 70.4 Å². The SMILES string of the molecule is Cn1ncc2c1CCCC2NC(=O)N(CCO)Cc1ccccc1. The van der Waals surface area contributed by atoms with Crippen molar-refractivity contribution in [2.75, 3.05) is 13.2 Å². The van der Waals surface area contributed by atoms with E-state index in [0.29, 0.717) is 13.1 Å². The van der Waals surface area contributed by atoms with Crippen molar-refractivity contribution < 1.29 is 9.90 Å². The lowest BCUT2D eigenvalue weighted by Gasteiger charge is -2.28. The highest BCUT2D eigenvalue weighted by molar-refractivity contribution is 5.74. The van der Waals surface area contributed by atoms with Crippen molar-refractivity contribution in [3.05, 3.63) is 53.3 Å². The van der Waals surface area contributed by atoms with Crippen molar-refractivity contribution in [3.8, 4) is 0 Å². The highest BCUT2D eigenvalue weighted by Crippen LogP contribution is 2.29. The second kappa shape index (κ2) is 7.49. The molecule has 24 heavy (non-hydrogen) atoms. The van der Waals surface area contributed by atoms with Gasteiger partial charge in [0.2, 0.25) is 0 Å². The number of aliphatic hydroxyl groups is 1. The molecule has 1 aromatic heterocycles. The Morgan fingerprint density at radius 3 is 2.96 bits per heavy atom. The molecule has 0 spiro atoms. The van der Waals surface area contributed by atoms with Crippen LogP contribution >= 0.6 is 0 Å². The summed E-state index contributed by atoms with van der Waals surface area (Å²) in [6, 6.07) is 9.67. The van der Waals surface area contributed by atoms with Crippen LogP contribution in [0.15, 0.2) is 36.5 Å². The number of aromatic nitrogens is 2. The second-order valence-electron chi connectivity index (χ2n) is 6.20. The number of amides is 2. The molecule has 2 amide bonds. The molecule has 1 aliphatic carbocycles. The first-order valence-corrected chi connectivity index (χ1v) is 8.40. The normalized spacial score (nSPS) is 16.5. The minimum Gasteiger partial charge on any atom is -0.395 e. The van der Waals surface area contributed by atoms with Gasteiger partial charge in [0.25, 0.3) is 0 Å². The predicted octanol–water partition coefficient (Wildman–Crippen LogP) is 2.00. The number of nitrogens with zero attached hydrogens (tertiary/aromatic N) is 3. The van der Waals surface area contributed by atoms with Gasteiger partial charge < -0.3 is 15.3 Å². The zero-order valence-corrected chi connectivity index (χ0v) is 14.0. The van der Waals surface area contributed by atoms with Gasteiger partial charge in [0.05, 0.1) is 18.8 Å². The van der Waals surface area contributed by atoms with E-state index in [1.54, 1.807) is 4.90 Å². The van der Waals surface area contributed by atoms with Crippen molar-refractivity contribution in [2.45, 2.75) is 31.8 Å². The highest BCUT2D eigenvalue weighted by atomic mass is 16.3. The third kappa shape index (κ3) is 3.59. The lowest BCUT2D eigenvalue weighted by atomic mass is 9.93. The molecule has 0 fully saturated rings. The third-order valence-corrected chi connectivity index (χ3v) is 4.55. The summed E-state index contributed by atoms with van der Waals surface area (Å²) < 4.78 is 1.89. The van der Waals surface area contributed by atoms with E-state index in [2.05, 4.69) is 10.4 Å². The van der Waals surface area contributed by atoms with Crippen molar-refractivity contribution >= 4 is 6.03 Å². The number of urea groups is 1. The Labute approximate surface area is 142 Å². The average Bonchev–Trinajstić information content (AvgIpc) is 2.98. The molecule has 2 aromatic rings. The van der Waals surface area contributed by atoms with Crippen molar-refractivity contribution in [1.82, 2.24) is 20.0 Å². The molecule has 0 saturated carbocycles. The number of hydrogen-bond donors (Lipinski definition) is 2. The van der Waals surface area contributed by atoms with Crippen LogP contribution in [-0.4, -0.2) is 39.0 Å². The molecular weight excluding hydrogens is 304 g/mol. The molecule has 0 bridgehead atoms. The fourth-order valence-electron chi connectivity index (χ4n) is 3.27. The number of carbonyl (C=O) groups excluding carboxylic acids is 1. The summed E-state index contributed by atoms with van der Waals surface area (Å²) in [4.78, 5) is 14.4. The minimum absolute atomic E-state index is 0.00748. The standard InChI is InChI=1S/C18H24N4O2/c1-21-17-9-5-8-16(15(17)12-19-21)20-18(24)22(10-11-23)13-14-6-3-2-4-7-14/h2-4,6-7,12,16,23H,5,8-11,13H2,1H3,(H,20,24). The maximum Gasteiger partial charge on any atom is 0.318 e. The molecule has 128 valence electrons. The van der Waals surface area contributed by atoms with E-state index in [4.69, 9.17) is 0 Å². The van der Waals surface area contributed by atoms with Crippen molar-refractivity contribution in [2.24, 2.45) is 7.05 Å². The van der Waals surface area contributed by atoms with Gasteiger partial charge in [-0.05, 0) is 24.8 Å². The van der Waals surface area contributed by atoms with Gasteiger partial charge in [-0.15, -0.1) is 0 Å². The quantitative estimate of drug-likeness (QED) is 0.882. The van der Waals surface area contributed by atoms with Crippen LogP contribution in [0.3, 0.4) is 0 Å². The van der Waals surface area contributed by atoms with Gasteiger partial charge in [-0.2, -0.15) is 5.10 Å². The lowest BCUT2D eigenvalue weighted by molar-refractivity contribution is 0.169. The number of hydrogen-bond acceptors (Lipinski definition) is 3. The smallest absolute Gasteiger partial charge is 0.318 e. The molecule has 1 heterocycles. The number of rotatable bonds is 5. The summed E-state index contributed by atoms with van der Waals surface area (Å²) in [7, 11) is 1.94. The summed E-state index contributed by atoms with van der Waals surface area (Å²) >= 11 is 0. The van der Waals surface area contributed by atoms with Gasteiger partial charge in [0.1, 0.15) is 0 Å². The highest BCUT2D eigenvalue weighted by Gasteiger charge is 2.26. The molecule has 2 N–H and O–H groups in total. The molecule has 1 unspecified atom stereocenters. The van der Waals surface area contributed by atoms with Crippen LogP contribution in [0.2, 0.25) is 0 Å². The molecule has 0 aliphatic heterocycles. The monoisotopic (exact) mass is 328 g/mol. The average molecular weight is 328 g/mol. The number of nitrogens with one attached hydrogen (secondary N) is 1. The van der Waals surface area contributed by atoms with Crippen LogP contribution in [-0.2, 0) is 20.0 Å². The molecule has 6 nitrogen and oxygen atoms in total. The zero-order chi connectivity index (χ0) is 16.9. The molecule has 0 radical (unpaired) electrons. The van der Waals surface area contributed by atoms with Gasteiger partial charge in [-0.3, -0.25) is 4.68 Å². The summed E-state index contributed by atoms with van der Waals surface area (Å²) in [5.74, 6) is 0. The Morgan fingerprint density at radius 2 is 2.21 bits per heavy atom. The summed E-state index contributed by atoms with van der Waals surface area (Å²) in [5.41, 5.74) is 3.36. The van der Waals surface area contributed by atoms with Crippen LogP contribution in [0.1, 0.15) is 35.7 Å². The molecule has 1 aromatic carbocycles. The van der Waals surface area contributed by atoms with Gasteiger partial charge in [0.15, 0.2) is 0 Å². The Balaban J connectivity index is 1.70. The van der Waals surface area contributed by atoms with Crippen LogP contribution in [0, 0.1) is 0 Å². The lowest BCUT2D eigenvalue weighted by Crippen LogP contribution is -2.43. The van der Waals surface area contributed by atoms with E-state index >= 15 is 0 Å². The van der Waals surface area contributed by atoms with Gasteiger partial charge in [-0.1, -0.05) is 30.3 Å². The van der Waals surface area contributed by atoms with Crippen molar-refractivity contribution in [1.29, 1.82) is 0 Å². The first-order chi connectivity index (χ1) is 11.7. The summed E-state index contributed by atoms with van der Waals surface area (Å²) in [6.45, 7) is 0.746. The summed E-state index contributed by atoms with van der Waals surface area (Å²) in [6.07, 6.45) is 4.81. The van der Waals surface area contributed by atoms with E-state index in [1.165, 1.54) is 5.69 Å². The van der Waals surface area contributed by atoms with Crippen molar-refractivity contribution in [3.63, 3.8) is 0 Å². The third-order valence-electron chi connectivity index (χ3n) is 4.55. The van der Waals surface area contributed by atoms with Crippen LogP contribution in [0.25, 0.3) is 0 Å². The number of aliphatic hydroxyl groups excluding tert-OH is 1. The first-order valence-electron chi connectivity index (χ1n) is 8.40. The molecule has 0 saturated heterocycles. The van der Waals surface area contributed by atoms with Crippen LogP contribution < -0.4 is 5.32 Å².